The van der Waals surface area contributed by atoms with Crippen LogP contribution in [0.2, 0.25) is 0 Å². The molecule has 340 valence electrons. The van der Waals surface area contributed by atoms with Gasteiger partial charge >= 0.3 is 12.2 Å². The van der Waals surface area contributed by atoms with E-state index >= 15 is 8.78 Å². The molecule has 4 amide bonds. The first kappa shape index (κ1) is 42.6. The molecule has 6 atom stereocenters. The van der Waals surface area contributed by atoms with Crippen molar-refractivity contribution in [1.82, 2.24) is 40.4 Å². The van der Waals surface area contributed by atoms with Crippen molar-refractivity contribution in [2.45, 2.75) is 102 Å². The van der Waals surface area contributed by atoms with Crippen molar-refractivity contribution in [3.05, 3.63) is 83.6 Å². The zero-order valence-corrected chi connectivity index (χ0v) is 37.3. The van der Waals surface area contributed by atoms with Gasteiger partial charge < -0.3 is 39.9 Å². The second-order valence-corrected chi connectivity index (χ2v) is 19.4. The van der Waals surface area contributed by atoms with Crippen molar-refractivity contribution < 1.29 is 37.4 Å². The predicted molar refractivity (Wildman–Crippen MR) is 237 cm³/mol. The molecule has 3 unspecified atom stereocenters. The smallest absolute Gasteiger partial charge is 0.407 e. The van der Waals surface area contributed by atoms with Crippen LogP contribution < -0.4 is 10.6 Å². The van der Waals surface area contributed by atoms with Gasteiger partial charge in [-0.1, -0.05) is 58.0 Å². The Morgan fingerprint density at radius 3 is 2.05 bits per heavy atom. The van der Waals surface area contributed by atoms with Gasteiger partial charge in [-0.3, -0.25) is 9.59 Å². The van der Waals surface area contributed by atoms with E-state index in [-0.39, 0.29) is 64.2 Å². The van der Waals surface area contributed by atoms with Crippen LogP contribution in [-0.4, -0.2) is 92.6 Å². The van der Waals surface area contributed by atoms with Crippen LogP contribution in [0.1, 0.15) is 101 Å². The summed E-state index contributed by atoms with van der Waals surface area (Å²) in [5, 5.41) is 5.43. The topological polar surface area (TPSA) is 175 Å². The number of alkyl halides is 2. The molecule has 2 saturated carbocycles. The van der Waals surface area contributed by atoms with Crippen LogP contribution in [0.25, 0.3) is 44.5 Å². The molecule has 14 nitrogen and oxygen atoms in total. The maximum Gasteiger partial charge on any atom is 0.407 e. The molecule has 2 bridgehead atoms. The van der Waals surface area contributed by atoms with E-state index in [1.54, 1.807) is 29.3 Å². The molecule has 4 fully saturated rings. The number of imidazole rings is 2. The van der Waals surface area contributed by atoms with Crippen LogP contribution in [0.3, 0.4) is 0 Å². The van der Waals surface area contributed by atoms with Gasteiger partial charge in [0.1, 0.15) is 23.7 Å². The summed E-state index contributed by atoms with van der Waals surface area (Å²) >= 11 is 0. The van der Waals surface area contributed by atoms with Gasteiger partial charge in [-0.15, -0.1) is 0 Å². The second-order valence-electron chi connectivity index (χ2n) is 19.4. The first-order chi connectivity index (χ1) is 31.1. The summed E-state index contributed by atoms with van der Waals surface area (Å²) < 4.78 is 43.0. The number of methoxy groups -OCH3 is 2. The third-order valence-electron chi connectivity index (χ3n) is 14.7. The van der Waals surface area contributed by atoms with Crippen LogP contribution in [0, 0.1) is 23.2 Å². The molecule has 3 aliphatic carbocycles. The van der Waals surface area contributed by atoms with Gasteiger partial charge in [0.05, 0.1) is 49.2 Å². The first-order valence-corrected chi connectivity index (χ1v) is 22.6. The van der Waals surface area contributed by atoms with Crippen molar-refractivity contribution in [2.75, 3.05) is 20.8 Å². The first-order valence-electron chi connectivity index (χ1n) is 22.6. The molecule has 10 rings (SSSR count). The summed E-state index contributed by atoms with van der Waals surface area (Å²) in [6, 6.07) is 13.8. The lowest BCUT2D eigenvalue weighted by atomic mass is 9.95. The number of carbonyl (C=O) groups is 4. The standard InChI is InChI=1S/C49H54F2N8O6/c1-24(2)39(56-46(62)64-5)44(60)58-23-48(15-16-48)21-38(58)42-52-22-37(55-42)28-9-13-32-31-12-8-26(18-33(31)49(50,51)34(32)19-28)27-10-14-35-36(20-27)54-43(53-35)41-29-7-11-30(17-29)59(41)45(61)40(25(3)4)57-47(63)65-6/h8-10,12-14,18-20,22,24-25,29-30,38-41H,7,11,15-17,21,23H2,1-6H3,(H,52,55)(H,53,54)(H,56,62)(H,57,63)/t29-,30+,38-,39?,40?,41?/m0/s1. The quantitative estimate of drug-likeness (QED) is 0.108. The predicted octanol–water partition coefficient (Wildman–Crippen LogP) is 8.61. The number of piperidine rings is 1. The molecular weight excluding hydrogens is 835 g/mol. The number of nitrogens with one attached hydrogen (secondary N) is 4. The minimum atomic E-state index is -3.29. The lowest BCUT2D eigenvalue weighted by Crippen LogP contribution is -2.54. The number of H-pyrrole nitrogens is 2. The van der Waals surface area contributed by atoms with Crippen LogP contribution >= 0.6 is 0 Å². The van der Waals surface area contributed by atoms with Crippen molar-refractivity contribution in [3.8, 4) is 33.5 Å². The lowest BCUT2D eigenvalue weighted by Gasteiger charge is -2.37. The molecule has 16 heteroatoms. The number of carbonyl (C=O) groups excluding carboxylic acids is 4. The van der Waals surface area contributed by atoms with Gasteiger partial charge in [0, 0.05) is 29.3 Å². The largest absolute Gasteiger partial charge is 0.453 e. The summed E-state index contributed by atoms with van der Waals surface area (Å²) in [5.74, 6) is -2.53. The van der Waals surface area contributed by atoms with Gasteiger partial charge in [0.25, 0.3) is 5.92 Å². The van der Waals surface area contributed by atoms with E-state index in [2.05, 4.69) is 20.6 Å². The monoisotopic (exact) mass is 888 g/mol. The van der Waals surface area contributed by atoms with Gasteiger partial charge in [-0.2, -0.15) is 8.78 Å². The molecule has 2 aromatic heterocycles. The van der Waals surface area contributed by atoms with E-state index in [0.29, 0.717) is 51.7 Å². The third-order valence-corrected chi connectivity index (χ3v) is 14.7. The fraction of sp³-hybridized carbons (Fsp3) is 0.469. The highest BCUT2D eigenvalue weighted by Gasteiger charge is 2.56. The molecule has 1 spiro atoms. The second kappa shape index (κ2) is 15.7. The van der Waals surface area contributed by atoms with Gasteiger partial charge in [0.2, 0.25) is 11.8 Å². The molecule has 0 radical (unpaired) electrons. The Kier molecular flexibility index (Phi) is 10.3. The highest BCUT2D eigenvalue weighted by molar-refractivity contribution is 5.89. The minimum Gasteiger partial charge on any atom is -0.453 e. The van der Waals surface area contributed by atoms with E-state index < -0.39 is 30.2 Å². The summed E-state index contributed by atoms with van der Waals surface area (Å²) in [7, 11) is 2.54. The highest BCUT2D eigenvalue weighted by Crippen LogP contribution is 2.59. The number of likely N-dealkylation sites (tertiary alicyclic amines) is 2. The number of nitrogens with zero attached hydrogens (tertiary/aromatic N) is 4. The lowest BCUT2D eigenvalue weighted by molar-refractivity contribution is -0.139. The van der Waals surface area contributed by atoms with E-state index in [0.717, 1.165) is 49.6 Å². The third kappa shape index (κ3) is 7.19. The Labute approximate surface area is 375 Å². The van der Waals surface area contributed by atoms with E-state index in [1.165, 1.54) is 20.3 Å². The zero-order valence-electron chi connectivity index (χ0n) is 37.3. The normalized spacial score (nSPS) is 22.9. The molecule has 4 heterocycles. The fourth-order valence-corrected chi connectivity index (χ4v) is 11.0. The molecule has 5 aliphatic rings. The van der Waals surface area contributed by atoms with Crippen molar-refractivity contribution in [2.24, 2.45) is 23.2 Å². The number of rotatable bonds is 10. The molecule has 4 N–H and O–H groups in total. The number of halogens is 2. The summed E-state index contributed by atoms with van der Waals surface area (Å²) in [6.07, 6.45) is 5.75. The Balaban J connectivity index is 0.896. The Morgan fingerprint density at radius 2 is 1.40 bits per heavy atom. The van der Waals surface area contributed by atoms with Gasteiger partial charge in [-0.25, -0.2) is 19.6 Å². The van der Waals surface area contributed by atoms with E-state index in [9.17, 15) is 19.2 Å². The SMILES string of the molecule is COC(=O)NC(C(=O)N1CC2(CC2)C[C@H]1c1ncc(-c2ccc3c(c2)C(F)(F)c2cc(-c4ccc5nc(C6[C@H]7CC[C@H](C7)N6C(=O)C(NC(=O)OC)C(C)C)[nH]c5c4)ccc2-3)[nH]1)C(C)C. The van der Waals surface area contributed by atoms with E-state index in [1.807, 2.05) is 62.9 Å². The summed E-state index contributed by atoms with van der Waals surface area (Å²) in [5.41, 5.74) is 4.68. The average Bonchev–Trinajstić information content (AvgIpc) is 3.95. The number of hydrogen-bond donors (Lipinski definition) is 4. The number of aromatic amines is 2. The maximum atomic E-state index is 16.7. The minimum absolute atomic E-state index is 0.0102. The number of aromatic nitrogens is 4. The Morgan fingerprint density at radius 1 is 0.785 bits per heavy atom. The van der Waals surface area contributed by atoms with Crippen molar-refractivity contribution in [3.63, 3.8) is 0 Å². The zero-order chi connectivity index (χ0) is 45.7. The molecule has 65 heavy (non-hydrogen) atoms. The number of benzene rings is 3. The molecule has 2 aliphatic heterocycles. The number of amides is 4. The molecular formula is C49H54F2N8O6. The van der Waals surface area contributed by atoms with Crippen LogP contribution in [0.15, 0.2) is 60.8 Å². The van der Waals surface area contributed by atoms with E-state index in [4.69, 9.17) is 19.4 Å². The summed E-state index contributed by atoms with van der Waals surface area (Å²) in [4.78, 5) is 72.6. The number of fused-ring (bicyclic) bond motifs is 6. The van der Waals surface area contributed by atoms with Crippen LogP contribution in [-0.2, 0) is 25.0 Å². The van der Waals surface area contributed by atoms with Crippen LogP contribution in [0.5, 0.6) is 0 Å². The van der Waals surface area contributed by atoms with Gasteiger partial charge in [-0.05, 0) is 108 Å². The molecule has 3 aromatic carbocycles. The van der Waals surface area contributed by atoms with Crippen LogP contribution in [0.4, 0.5) is 18.4 Å². The average molecular weight is 889 g/mol. The Bertz CT molecular complexity index is 2740. The number of hydrogen-bond acceptors (Lipinski definition) is 8. The number of ether oxygens (including phenoxy) is 2. The molecule has 5 aromatic rings. The van der Waals surface area contributed by atoms with Crippen molar-refractivity contribution in [1.29, 1.82) is 0 Å². The van der Waals surface area contributed by atoms with Crippen molar-refractivity contribution >= 4 is 35.0 Å². The Hall–Kier alpha value is -6.32. The van der Waals surface area contributed by atoms with Gasteiger partial charge in [0.15, 0.2) is 0 Å². The molecule has 2 saturated heterocycles. The highest BCUT2D eigenvalue weighted by atomic mass is 19.3. The maximum absolute atomic E-state index is 16.7. The fourth-order valence-electron chi connectivity index (χ4n) is 11.0. The number of alkyl carbamates (subject to hydrolysis) is 2. The summed E-state index contributed by atoms with van der Waals surface area (Å²) in [6.45, 7) is 8.09.